The number of phenols is 1. The second-order valence-electron chi connectivity index (χ2n) is 4.00. The van der Waals surface area contributed by atoms with E-state index in [1.165, 1.54) is 0 Å². The van der Waals surface area contributed by atoms with Crippen molar-refractivity contribution in [2.75, 3.05) is 0 Å². The second kappa shape index (κ2) is 4.37. The quantitative estimate of drug-likeness (QED) is 0.821. The van der Waals surface area contributed by atoms with Crippen LogP contribution in [-0.4, -0.2) is 26.4 Å². The Morgan fingerprint density at radius 1 is 1.35 bits per heavy atom. The van der Waals surface area contributed by atoms with Crippen molar-refractivity contribution in [1.82, 2.24) is 15.0 Å². The number of phenolic OH excluding ortho intramolecular Hbond substituents is 1. The van der Waals surface area contributed by atoms with E-state index in [1.807, 2.05) is 13.8 Å². The van der Waals surface area contributed by atoms with Crippen LogP contribution in [0.1, 0.15) is 30.4 Å². The van der Waals surface area contributed by atoms with Gasteiger partial charge in [0, 0.05) is 11.6 Å². The molecule has 0 atom stereocenters. The van der Waals surface area contributed by atoms with E-state index in [0.29, 0.717) is 17.5 Å². The van der Waals surface area contributed by atoms with Crippen LogP contribution in [0.2, 0.25) is 0 Å². The van der Waals surface area contributed by atoms with Crippen molar-refractivity contribution in [3.8, 4) is 17.0 Å². The molecule has 5 nitrogen and oxygen atoms in total. The molecule has 0 fully saturated rings. The number of carbonyl (C=O) groups is 1. The summed E-state index contributed by atoms with van der Waals surface area (Å²) in [7, 11) is 0. The van der Waals surface area contributed by atoms with E-state index in [2.05, 4.69) is 10.3 Å². The van der Waals surface area contributed by atoms with Crippen molar-refractivity contribution in [3.63, 3.8) is 0 Å². The van der Waals surface area contributed by atoms with Gasteiger partial charge in [0.05, 0.1) is 0 Å². The molecular weight excluding hydrogens is 218 g/mol. The van der Waals surface area contributed by atoms with Crippen LogP contribution in [0.5, 0.6) is 5.75 Å². The highest BCUT2D eigenvalue weighted by atomic mass is 16.3. The van der Waals surface area contributed by atoms with Gasteiger partial charge in [0.1, 0.15) is 11.4 Å². The van der Waals surface area contributed by atoms with Crippen LogP contribution in [0.15, 0.2) is 24.3 Å². The highest BCUT2D eigenvalue weighted by Gasteiger charge is 2.18. The summed E-state index contributed by atoms with van der Waals surface area (Å²) in [6, 6.07) is 6.89. The van der Waals surface area contributed by atoms with Crippen molar-refractivity contribution in [3.05, 3.63) is 30.0 Å². The third-order valence-corrected chi connectivity index (χ3v) is 2.48. The van der Waals surface area contributed by atoms with E-state index in [-0.39, 0.29) is 17.5 Å². The minimum absolute atomic E-state index is 0.0609. The third-order valence-electron chi connectivity index (χ3n) is 2.48. The summed E-state index contributed by atoms with van der Waals surface area (Å²) >= 11 is 0. The molecule has 5 heteroatoms. The lowest BCUT2D eigenvalue weighted by Crippen LogP contribution is -2.05. The number of aromatic hydroxyl groups is 1. The number of carbonyl (C=O) groups excluding carboxylic acids is 1. The van der Waals surface area contributed by atoms with Crippen LogP contribution in [0.25, 0.3) is 11.3 Å². The maximum Gasteiger partial charge on any atom is 0.172 e. The standard InChI is InChI=1S/C12H13N3O2/c1-8(2)15-12(10(7-16)13-14-15)9-5-3-4-6-11(9)17/h3-8,17H,1-2H3. The fourth-order valence-electron chi connectivity index (χ4n) is 1.68. The zero-order chi connectivity index (χ0) is 12.4. The smallest absolute Gasteiger partial charge is 0.172 e. The first-order valence-electron chi connectivity index (χ1n) is 5.34. The number of para-hydroxylation sites is 1. The summed E-state index contributed by atoms with van der Waals surface area (Å²) in [5.74, 6) is 0.111. The van der Waals surface area contributed by atoms with E-state index in [0.717, 1.165) is 0 Å². The summed E-state index contributed by atoms with van der Waals surface area (Å²) < 4.78 is 1.62. The maximum absolute atomic E-state index is 11.0. The number of aromatic nitrogens is 3. The molecule has 0 saturated carbocycles. The molecule has 0 aliphatic carbocycles. The normalized spacial score (nSPS) is 10.8. The largest absolute Gasteiger partial charge is 0.507 e. The Balaban J connectivity index is 2.69. The predicted octanol–water partition coefficient (Wildman–Crippen LogP) is 2.04. The molecule has 0 aliphatic heterocycles. The minimum atomic E-state index is 0.0609. The minimum Gasteiger partial charge on any atom is -0.507 e. The van der Waals surface area contributed by atoms with Crippen molar-refractivity contribution in [2.24, 2.45) is 0 Å². The first-order chi connectivity index (χ1) is 8.15. The predicted molar refractivity (Wildman–Crippen MR) is 62.9 cm³/mol. The number of nitrogens with zero attached hydrogens (tertiary/aromatic N) is 3. The zero-order valence-corrected chi connectivity index (χ0v) is 9.66. The molecule has 2 rings (SSSR count). The van der Waals surface area contributed by atoms with Crippen molar-refractivity contribution in [1.29, 1.82) is 0 Å². The van der Waals surface area contributed by atoms with Gasteiger partial charge in [-0.2, -0.15) is 0 Å². The van der Waals surface area contributed by atoms with Crippen molar-refractivity contribution in [2.45, 2.75) is 19.9 Å². The van der Waals surface area contributed by atoms with Crippen molar-refractivity contribution < 1.29 is 9.90 Å². The molecule has 2 aromatic rings. The second-order valence-corrected chi connectivity index (χ2v) is 4.00. The topological polar surface area (TPSA) is 68.0 Å². The Kier molecular flexibility index (Phi) is 2.91. The van der Waals surface area contributed by atoms with Crippen molar-refractivity contribution >= 4 is 6.29 Å². The molecule has 1 N–H and O–H groups in total. The van der Waals surface area contributed by atoms with Crippen LogP contribution in [-0.2, 0) is 0 Å². The lowest BCUT2D eigenvalue weighted by molar-refractivity contribution is 0.111. The molecule has 1 aromatic carbocycles. The lowest BCUT2D eigenvalue weighted by Gasteiger charge is -2.11. The monoisotopic (exact) mass is 231 g/mol. The van der Waals surface area contributed by atoms with Gasteiger partial charge in [-0.05, 0) is 26.0 Å². The fourth-order valence-corrected chi connectivity index (χ4v) is 1.68. The van der Waals surface area contributed by atoms with Gasteiger partial charge in [0.25, 0.3) is 0 Å². The first-order valence-corrected chi connectivity index (χ1v) is 5.34. The number of hydrogen-bond donors (Lipinski definition) is 1. The Bertz CT molecular complexity index is 546. The molecule has 0 bridgehead atoms. The van der Waals surface area contributed by atoms with Gasteiger partial charge in [0.2, 0.25) is 0 Å². The first kappa shape index (κ1) is 11.3. The molecule has 17 heavy (non-hydrogen) atoms. The Hall–Kier alpha value is -2.17. The number of benzene rings is 1. The Morgan fingerprint density at radius 2 is 2.06 bits per heavy atom. The van der Waals surface area contributed by atoms with Gasteiger partial charge in [-0.1, -0.05) is 17.3 Å². The summed E-state index contributed by atoms with van der Waals surface area (Å²) in [5.41, 5.74) is 1.35. The van der Waals surface area contributed by atoms with Gasteiger partial charge in [-0.15, -0.1) is 5.10 Å². The van der Waals surface area contributed by atoms with E-state index >= 15 is 0 Å². The van der Waals surface area contributed by atoms with E-state index < -0.39 is 0 Å². The van der Waals surface area contributed by atoms with Crippen LogP contribution in [0.4, 0.5) is 0 Å². The maximum atomic E-state index is 11.0. The summed E-state index contributed by atoms with van der Waals surface area (Å²) in [6.07, 6.45) is 0.646. The number of rotatable bonds is 3. The summed E-state index contributed by atoms with van der Waals surface area (Å²) in [5, 5.41) is 17.6. The highest BCUT2D eigenvalue weighted by Crippen LogP contribution is 2.31. The lowest BCUT2D eigenvalue weighted by atomic mass is 10.1. The van der Waals surface area contributed by atoms with Crippen LogP contribution < -0.4 is 0 Å². The number of aldehydes is 1. The molecule has 88 valence electrons. The van der Waals surface area contributed by atoms with Crippen LogP contribution >= 0.6 is 0 Å². The molecule has 0 amide bonds. The molecule has 0 aliphatic rings. The van der Waals surface area contributed by atoms with Gasteiger partial charge in [0.15, 0.2) is 12.0 Å². The van der Waals surface area contributed by atoms with E-state index in [1.54, 1.807) is 28.9 Å². The molecule has 0 radical (unpaired) electrons. The molecular formula is C12H13N3O2. The average molecular weight is 231 g/mol. The third kappa shape index (κ3) is 1.91. The van der Waals surface area contributed by atoms with E-state index in [4.69, 9.17) is 0 Å². The Labute approximate surface area is 98.7 Å². The van der Waals surface area contributed by atoms with E-state index in [9.17, 15) is 9.90 Å². The molecule has 0 spiro atoms. The van der Waals surface area contributed by atoms with Gasteiger partial charge in [-0.3, -0.25) is 4.79 Å². The van der Waals surface area contributed by atoms with Gasteiger partial charge < -0.3 is 5.11 Å². The molecule has 0 saturated heterocycles. The molecule has 0 unspecified atom stereocenters. The summed E-state index contributed by atoms with van der Waals surface area (Å²) in [4.78, 5) is 11.0. The van der Waals surface area contributed by atoms with Crippen LogP contribution in [0, 0.1) is 0 Å². The van der Waals surface area contributed by atoms with Gasteiger partial charge in [-0.25, -0.2) is 4.68 Å². The average Bonchev–Trinajstić information content (AvgIpc) is 2.73. The van der Waals surface area contributed by atoms with Gasteiger partial charge >= 0.3 is 0 Å². The summed E-state index contributed by atoms with van der Waals surface area (Å²) in [6.45, 7) is 3.87. The SMILES string of the molecule is CC(C)n1nnc(C=O)c1-c1ccccc1O. The van der Waals surface area contributed by atoms with Crippen LogP contribution in [0.3, 0.4) is 0 Å². The highest BCUT2D eigenvalue weighted by molar-refractivity contribution is 5.85. The molecule has 1 aromatic heterocycles. The Morgan fingerprint density at radius 3 is 2.65 bits per heavy atom. The molecule has 1 heterocycles. The zero-order valence-electron chi connectivity index (χ0n) is 9.66. The number of hydrogen-bond acceptors (Lipinski definition) is 4. The fraction of sp³-hybridized carbons (Fsp3) is 0.250.